The Hall–Kier alpha value is -3.88. The monoisotopic (exact) mass is 464 g/mol. The molecule has 0 spiro atoms. The third kappa shape index (κ3) is 5.36. The molecule has 1 aliphatic heterocycles. The molecular formula is C26H24O8. The molecule has 0 atom stereocenters. The van der Waals surface area contributed by atoms with Crippen LogP contribution < -0.4 is 9.47 Å². The van der Waals surface area contributed by atoms with E-state index >= 15 is 0 Å². The second kappa shape index (κ2) is 10.8. The number of ether oxygens (including phenoxy) is 4. The Bertz CT molecular complexity index is 1060. The molecule has 176 valence electrons. The van der Waals surface area contributed by atoms with Crippen LogP contribution in [0.5, 0.6) is 11.5 Å². The van der Waals surface area contributed by atoms with Crippen molar-refractivity contribution in [2.24, 2.45) is 0 Å². The zero-order valence-corrected chi connectivity index (χ0v) is 18.4. The highest BCUT2D eigenvalue weighted by Gasteiger charge is 2.20. The van der Waals surface area contributed by atoms with Crippen LogP contribution in [0.25, 0.3) is 22.3 Å². The molecule has 0 amide bonds. The first-order valence-corrected chi connectivity index (χ1v) is 10.8. The Labute approximate surface area is 196 Å². The molecule has 8 heteroatoms. The molecule has 8 nitrogen and oxygen atoms in total. The molecule has 4 rings (SSSR count). The van der Waals surface area contributed by atoms with Gasteiger partial charge in [0.25, 0.3) is 0 Å². The molecule has 3 aromatic rings. The number of aromatic carboxylic acids is 2. The average Bonchev–Trinajstić information content (AvgIpc) is 2.84. The molecule has 0 aliphatic carbocycles. The molecule has 2 N–H and O–H groups in total. The second-order valence-corrected chi connectivity index (χ2v) is 7.51. The summed E-state index contributed by atoms with van der Waals surface area (Å²) in [6.07, 6.45) is 0. The van der Waals surface area contributed by atoms with E-state index in [0.29, 0.717) is 37.9 Å². The quantitative estimate of drug-likeness (QED) is 0.590. The van der Waals surface area contributed by atoms with Crippen LogP contribution in [-0.4, -0.2) is 61.8 Å². The van der Waals surface area contributed by atoms with E-state index in [0.717, 1.165) is 22.3 Å². The molecule has 0 radical (unpaired) electrons. The summed E-state index contributed by atoms with van der Waals surface area (Å²) in [4.78, 5) is 22.5. The van der Waals surface area contributed by atoms with Gasteiger partial charge in [0, 0.05) is 11.1 Å². The Kier molecular flexibility index (Phi) is 7.41. The van der Waals surface area contributed by atoms with Crippen molar-refractivity contribution in [3.63, 3.8) is 0 Å². The van der Waals surface area contributed by atoms with Crippen LogP contribution in [0.3, 0.4) is 0 Å². The zero-order chi connectivity index (χ0) is 23.9. The Morgan fingerprint density at radius 3 is 1.24 bits per heavy atom. The summed E-state index contributed by atoms with van der Waals surface area (Å²) >= 11 is 0. The van der Waals surface area contributed by atoms with Gasteiger partial charge in [0.15, 0.2) is 11.5 Å². The number of hydrogen-bond acceptors (Lipinski definition) is 6. The van der Waals surface area contributed by atoms with E-state index in [2.05, 4.69) is 0 Å². The normalized spacial score (nSPS) is 14.5. The fourth-order valence-electron chi connectivity index (χ4n) is 3.62. The number of carbonyl (C=O) groups is 2. The SMILES string of the molecule is O=C(O)c1ccc(-c2ccc(-c3ccc(C(=O)O)cc3)c3c2OCCOCCOCCO3)cc1. The molecule has 1 heterocycles. The number of carboxylic acids is 2. The Morgan fingerprint density at radius 2 is 0.882 bits per heavy atom. The second-order valence-electron chi connectivity index (χ2n) is 7.51. The van der Waals surface area contributed by atoms with Crippen LogP contribution in [0.2, 0.25) is 0 Å². The summed E-state index contributed by atoms with van der Waals surface area (Å²) in [5.41, 5.74) is 3.37. The van der Waals surface area contributed by atoms with E-state index in [4.69, 9.17) is 18.9 Å². The van der Waals surface area contributed by atoms with Gasteiger partial charge < -0.3 is 29.2 Å². The number of carboxylic acid groups (broad SMARTS) is 2. The van der Waals surface area contributed by atoms with Gasteiger partial charge in [-0.3, -0.25) is 0 Å². The molecular weight excluding hydrogens is 440 g/mol. The summed E-state index contributed by atoms with van der Waals surface area (Å²) in [5, 5.41) is 18.4. The van der Waals surface area contributed by atoms with Crippen molar-refractivity contribution in [3.8, 4) is 33.8 Å². The standard InChI is InChI=1S/C26H24O8/c27-25(28)19-5-1-17(2-6-19)21-9-10-22(18-3-7-20(8-4-18)26(29)30)24-23(21)33-15-13-31-11-12-32-14-16-34-24/h1-10H,11-16H2,(H,27,28)(H,29,30). The van der Waals surface area contributed by atoms with Gasteiger partial charge in [-0.15, -0.1) is 0 Å². The minimum Gasteiger partial charge on any atom is -0.487 e. The maximum absolute atomic E-state index is 11.3. The van der Waals surface area contributed by atoms with Crippen LogP contribution in [0, 0.1) is 0 Å². The highest BCUT2D eigenvalue weighted by molar-refractivity contribution is 5.90. The molecule has 1 aliphatic rings. The minimum absolute atomic E-state index is 0.186. The molecule has 0 fully saturated rings. The maximum atomic E-state index is 11.3. The van der Waals surface area contributed by atoms with Crippen molar-refractivity contribution in [2.75, 3.05) is 39.6 Å². The summed E-state index contributed by atoms with van der Waals surface area (Å²) in [6, 6.07) is 16.8. The summed E-state index contributed by atoms with van der Waals surface area (Å²) in [6.45, 7) is 2.18. The van der Waals surface area contributed by atoms with Crippen molar-refractivity contribution < 1.29 is 38.7 Å². The van der Waals surface area contributed by atoms with E-state index in [9.17, 15) is 19.8 Å². The molecule has 3 aromatic carbocycles. The van der Waals surface area contributed by atoms with Crippen molar-refractivity contribution in [1.29, 1.82) is 0 Å². The molecule has 0 saturated carbocycles. The largest absolute Gasteiger partial charge is 0.487 e. The van der Waals surface area contributed by atoms with Gasteiger partial charge in [-0.1, -0.05) is 24.3 Å². The zero-order valence-electron chi connectivity index (χ0n) is 18.4. The molecule has 0 bridgehead atoms. The smallest absolute Gasteiger partial charge is 0.335 e. The number of rotatable bonds is 4. The highest BCUT2D eigenvalue weighted by Crippen LogP contribution is 2.45. The lowest BCUT2D eigenvalue weighted by Gasteiger charge is -2.21. The number of fused-ring (bicyclic) bond motifs is 1. The molecule has 34 heavy (non-hydrogen) atoms. The van der Waals surface area contributed by atoms with Gasteiger partial charge in [-0.05, 0) is 47.5 Å². The van der Waals surface area contributed by atoms with Crippen LogP contribution in [-0.2, 0) is 9.47 Å². The van der Waals surface area contributed by atoms with Crippen LogP contribution in [0.1, 0.15) is 20.7 Å². The molecule has 0 saturated heterocycles. The predicted molar refractivity (Wildman–Crippen MR) is 124 cm³/mol. The summed E-state index contributed by atoms with van der Waals surface area (Å²) < 4.78 is 23.4. The van der Waals surface area contributed by atoms with Gasteiger partial charge in [0.2, 0.25) is 0 Å². The molecule has 0 aromatic heterocycles. The van der Waals surface area contributed by atoms with E-state index in [-0.39, 0.29) is 24.3 Å². The third-order valence-corrected chi connectivity index (χ3v) is 5.32. The minimum atomic E-state index is -1.00. The van der Waals surface area contributed by atoms with E-state index < -0.39 is 11.9 Å². The Morgan fingerprint density at radius 1 is 0.529 bits per heavy atom. The fourth-order valence-corrected chi connectivity index (χ4v) is 3.62. The van der Waals surface area contributed by atoms with Crippen LogP contribution >= 0.6 is 0 Å². The summed E-state index contributed by atoms with van der Waals surface area (Å²) in [7, 11) is 0. The number of benzene rings is 3. The van der Waals surface area contributed by atoms with Crippen LogP contribution in [0.15, 0.2) is 60.7 Å². The van der Waals surface area contributed by atoms with Gasteiger partial charge in [-0.25, -0.2) is 9.59 Å². The van der Waals surface area contributed by atoms with E-state index in [1.54, 1.807) is 24.3 Å². The first kappa shape index (κ1) is 23.3. The van der Waals surface area contributed by atoms with Crippen molar-refractivity contribution in [3.05, 3.63) is 71.8 Å². The number of hydrogen-bond donors (Lipinski definition) is 2. The summed E-state index contributed by atoms with van der Waals surface area (Å²) in [5.74, 6) is -1.02. The van der Waals surface area contributed by atoms with Gasteiger partial charge in [-0.2, -0.15) is 0 Å². The lowest BCUT2D eigenvalue weighted by Crippen LogP contribution is -2.16. The first-order valence-electron chi connectivity index (χ1n) is 10.8. The fraction of sp³-hybridized carbons (Fsp3) is 0.231. The lowest BCUT2D eigenvalue weighted by molar-refractivity contribution is 0.0225. The topological polar surface area (TPSA) is 112 Å². The van der Waals surface area contributed by atoms with Crippen molar-refractivity contribution >= 4 is 11.9 Å². The van der Waals surface area contributed by atoms with Crippen molar-refractivity contribution in [2.45, 2.75) is 0 Å². The van der Waals surface area contributed by atoms with Crippen molar-refractivity contribution in [1.82, 2.24) is 0 Å². The maximum Gasteiger partial charge on any atom is 0.335 e. The van der Waals surface area contributed by atoms with Gasteiger partial charge in [0.1, 0.15) is 13.2 Å². The van der Waals surface area contributed by atoms with E-state index in [1.165, 1.54) is 24.3 Å². The third-order valence-electron chi connectivity index (χ3n) is 5.32. The Balaban J connectivity index is 1.81. The first-order chi connectivity index (χ1) is 16.5. The average molecular weight is 464 g/mol. The van der Waals surface area contributed by atoms with Gasteiger partial charge in [0.05, 0.1) is 37.6 Å². The molecule has 0 unspecified atom stereocenters. The van der Waals surface area contributed by atoms with Gasteiger partial charge >= 0.3 is 11.9 Å². The lowest BCUT2D eigenvalue weighted by atomic mass is 9.96. The predicted octanol–water partition coefficient (Wildman–Crippen LogP) is 4.22. The van der Waals surface area contributed by atoms with E-state index in [1.807, 2.05) is 12.1 Å². The highest BCUT2D eigenvalue weighted by atomic mass is 16.6. The van der Waals surface area contributed by atoms with Crippen LogP contribution in [0.4, 0.5) is 0 Å².